The molecule has 0 aliphatic carbocycles. The normalized spacial score (nSPS) is 18.8. The van der Waals surface area contributed by atoms with Gasteiger partial charge in [-0.15, -0.1) is 12.4 Å². The maximum Gasteiger partial charge on any atom is 0.245 e. The van der Waals surface area contributed by atoms with Crippen molar-refractivity contribution in [1.82, 2.24) is 10.2 Å². The first-order valence-corrected chi connectivity index (χ1v) is 8.46. The van der Waals surface area contributed by atoms with Crippen LogP contribution in [0.4, 0.5) is 0 Å². The Bertz CT molecular complexity index is 750. The maximum atomic E-state index is 12.6. The van der Waals surface area contributed by atoms with Gasteiger partial charge in [-0.05, 0) is 24.5 Å². The maximum absolute atomic E-state index is 12.6. The molecule has 0 spiro atoms. The predicted octanol–water partition coefficient (Wildman–Crippen LogP) is 2.20. The van der Waals surface area contributed by atoms with Gasteiger partial charge in [0.05, 0.1) is 0 Å². The van der Waals surface area contributed by atoms with Crippen LogP contribution in [0.25, 0.3) is 0 Å². The van der Waals surface area contributed by atoms with E-state index in [1.54, 1.807) is 11.8 Å². The SMILES string of the molecule is CC(N)(C(=O)NC1CCN(Cc2ccccc2)C1=O)c1ccccc1.Cl. The molecule has 0 bridgehead atoms. The molecule has 2 amide bonds. The Morgan fingerprint density at radius 2 is 1.73 bits per heavy atom. The van der Waals surface area contributed by atoms with E-state index in [4.69, 9.17) is 5.73 Å². The second-order valence-corrected chi connectivity index (χ2v) is 6.63. The topological polar surface area (TPSA) is 75.4 Å². The summed E-state index contributed by atoms with van der Waals surface area (Å²) in [6.45, 7) is 2.86. The van der Waals surface area contributed by atoms with Crippen molar-refractivity contribution < 1.29 is 9.59 Å². The van der Waals surface area contributed by atoms with Crippen molar-refractivity contribution in [3.05, 3.63) is 71.8 Å². The molecular weight excluding hydrogens is 350 g/mol. The lowest BCUT2D eigenvalue weighted by molar-refractivity contribution is -0.134. The zero-order chi connectivity index (χ0) is 17.9. The Morgan fingerprint density at radius 1 is 1.15 bits per heavy atom. The minimum atomic E-state index is -1.17. The Hall–Kier alpha value is -2.37. The zero-order valence-corrected chi connectivity index (χ0v) is 15.5. The summed E-state index contributed by atoms with van der Waals surface area (Å²) in [7, 11) is 0. The number of likely N-dealkylation sites (tertiary alicyclic amines) is 1. The van der Waals surface area contributed by atoms with Gasteiger partial charge < -0.3 is 16.0 Å². The lowest BCUT2D eigenvalue weighted by Crippen LogP contribution is -2.53. The van der Waals surface area contributed by atoms with Gasteiger partial charge in [-0.1, -0.05) is 60.7 Å². The number of nitrogens with one attached hydrogen (secondary N) is 1. The number of nitrogens with zero attached hydrogens (tertiary/aromatic N) is 1. The standard InChI is InChI=1S/C20H23N3O2.ClH/c1-20(21,16-10-6-3-7-11-16)19(25)22-17-12-13-23(18(17)24)14-15-8-4-2-5-9-15;/h2-11,17H,12-14,21H2,1H3,(H,22,25);1H. The van der Waals surface area contributed by atoms with E-state index in [9.17, 15) is 9.59 Å². The van der Waals surface area contributed by atoms with Gasteiger partial charge in [0.1, 0.15) is 11.6 Å². The summed E-state index contributed by atoms with van der Waals surface area (Å²) >= 11 is 0. The third kappa shape index (κ3) is 4.23. The zero-order valence-electron chi connectivity index (χ0n) is 14.7. The number of rotatable bonds is 5. The number of benzene rings is 2. The Morgan fingerprint density at radius 3 is 2.35 bits per heavy atom. The van der Waals surface area contributed by atoms with Crippen LogP contribution in [0.3, 0.4) is 0 Å². The van der Waals surface area contributed by atoms with E-state index in [1.165, 1.54) is 0 Å². The van der Waals surface area contributed by atoms with E-state index in [1.807, 2.05) is 60.7 Å². The van der Waals surface area contributed by atoms with Crippen molar-refractivity contribution in [1.29, 1.82) is 0 Å². The van der Waals surface area contributed by atoms with Crippen molar-refractivity contribution in [2.45, 2.75) is 31.5 Å². The molecule has 2 atom stereocenters. The van der Waals surface area contributed by atoms with Crippen LogP contribution < -0.4 is 11.1 Å². The molecule has 1 aliphatic heterocycles. The van der Waals surface area contributed by atoms with Gasteiger partial charge in [0, 0.05) is 13.1 Å². The van der Waals surface area contributed by atoms with Crippen LogP contribution in [0.15, 0.2) is 60.7 Å². The van der Waals surface area contributed by atoms with Crippen molar-refractivity contribution in [3.8, 4) is 0 Å². The molecule has 1 heterocycles. The number of halogens is 1. The fourth-order valence-electron chi connectivity index (χ4n) is 3.06. The van der Waals surface area contributed by atoms with Crippen molar-refractivity contribution in [3.63, 3.8) is 0 Å². The molecule has 138 valence electrons. The first kappa shape index (κ1) is 19.9. The Kier molecular flexibility index (Phi) is 6.40. The summed E-state index contributed by atoms with van der Waals surface area (Å²) in [4.78, 5) is 27.0. The molecule has 1 aliphatic rings. The van der Waals surface area contributed by atoms with Gasteiger partial charge in [0.25, 0.3) is 0 Å². The van der Waals surface area contributed by atoms with Crippen molar-refractivity contribution in [2.24, 2.45) is 5.73 Å². The third-order valence-electron chi connectivity index (χ3n) is 4.66. The van der Waals surface area contributed by atoms with E-state index >= 15 is 0 Å². The summed E-state index contributed by atoms with van der Waals surface area (Å²) in [5, 5.41) is 2.83. The quantitative estimate of drug-likeness (QED) is 0.843. The monoisotopic (exact) mass is 373 g/mol. The highest BCUT2D eigenvalue weighted by Crippen LogP contribution is 2.20. The van der Waals surface area contributed by atoms with E-state index in [0.717, 1.165) is 11.1 Å². The molecule has 0 radical (unpaired) electrons. The van der Waals surface area contributed by atoms with Crippen LogP contribution >= 0.6 is 12.4 Å². The summed E-state index contributed by atoms with van der Waals surface area (Å²) in [5.74, 6) is -0.389. The molecule has 5 nitrogen and oxygen atoms in total. The van der Waals surface area contributed by atoms with E-state index in [-0.39, 0.29) is 24.2 Å². The van der Waals surface area contributed by atoms with Gasteiger partial charge >= 0.3 is 0 Å². The van der Waals surface area contributed by atoms with Gasteiger partial charge in [-0.3, -0.25) is 9.59 Å². The number of carbonyl (C=O) groups excluding carboxylic acids is 2. The summed E-state index contributed by atoms with van der Waals surface area (Å²) in [6.07, 6.45) is 0.599. The largest absolute Gasteiger partial charge is 0.342 e. The van der Waals surface area contributed by atoms with Crippen LogP contribution in [0, 0.1) is 0 Å². The summed E-state index contributed by atoms with van der Waals surface area (Å²) in [6, 6.07) is 18.5. The highest BCUT2D eigenvalue weighted by molar-refractivity contribution is 5.93. The Balaban J connectivity index is 0.00000243. The highest BCUT2D eigenvalue weighted by Gasteiger charge is 2.37. The van der Waals surface area contributed by atoms with E-state index in [0.29, 0.717) is 19.5 Å². The fraction of sp³-hybridized carbons (Fsp3) is 0.300. The minimum Gasteiger partial charge on any atom is -0.342 e. The van der Waals surface area contributed by atoms with Crippen molar-refractivity contribution in [2.75, 3.05) is 6.54 Å². The molecule has 3 rings (SSSR count). The molecule has 26 heavy (non-hydrogen) atoms. The van der Waals surface area contributed by atoms with Crippen LogP contribution in [0.1, 0.15) is 24.5 Å². The van der Waals surface area contributed by atoms with E-state index < -0.39 is 11.6 Å². The molecular formula is C20H24ClN3O2. The molecule has 2 unspecified atom stereocenters. The summed E-state index contributed by atoms with van der Waals surface area (Å²) in [5.41, 5.74) is 6.85. The van der Waals surface area contributed by atoms with Crippen LogP contribution in [-0.4, -0.2) is 29.3 Å². The summed E-state index contributed by atoms with van der Waals surface area (Å²) < 4.78 is 0. The van der Waals surface area contributed by atoms with Crippen molar-refractivity contribution >= 4 is 24.2 Å². The average molecular weight is 374 g/mol. The number of amides is 2. The lowest BCUT2D eigenvalue weighted by atomic mass is 9.92. The lowest BCUT2D eigenvalue weighted by Gasteiger charge is -2.26. The molecule has 1 fully saturated rings. The smallest absolute Gasteiger partial charge is 0.245 e. The molecule has 3 N–H and O–H groups in total. The number of nitrogens with two attached hydrogens (primary N) is 1. The second-order valence-electron chi connectivity index (χ2n) is 6.63. The van der Waals surface area contributed by atoms with Gasteiger partial charge in [-0.25, -0.2) is 0 Å². The predicted molar refractivity (Wildman–Crippen MR) is 104 cm³/mol. The van der Waals surface area contributed by atoms with Crippen LogP contribution in [0.5, 0.6) is 0 Å². The number of hydrogen-bond acceptors (Lipinski definition) is 3. The molecule has 0 aromatic heterocycles. The Labute approximate surface area is 160 Å². The molecule has 2 aromatic rings. The second kappa shape index (κ2) is 8.34. The van der Waals surface area contributed by atoms with Crippen LogP contribution in [-0.2, 0) is 21.7 Å². The molecule has 2 aromatic carbocycles. The fourth-order valence-corrected chi connectivity index (χ4v) is 3.06. The molecule has 6 heteroatoms. The van der Waals surface area contributed by atoms with Gasteiger partial charge in [-0.2, -0.15) is 0 Å². The van der Waals surface area contributed by atoms with E-state index in [2.05, 4.69) is 5.32 Å². The molecule has 1 saturated heterocycles. The first-order chi connectivity index (χ1) is 12.0. The highest BCUT2D eigenvalue weighted by atomic mass is 35.5. The third-order valence-corrected chi connectivity index (χ3v) is 4.66. The average Bonchev–Trinajstić information content (AvgIpc) is 2.96. The minimum absolute atomic E-state index is 0. The van der Waals surface area contributed by atoms with Gasteiger partial charge in [0.15, 0.2) is 0 Å². The first-order valence-electron chi connectivity index (χ1n) is 8.46. The number of carbonyl (C=O) groups is 2. The van der Waals surface area contributed by atoms with Crippen LogP contribution in [0.2, 0.25) is 0 Å². The molecule has 0 saturated carbocycles. The van der Waals surface area contributed by atoms with Gasteiger partial charge in [0.2, 0.25) is 11.8 Å². The number of hydrogen-bond donors (Lipinski definition) is 2.